The highest BCUT2D eigenvalue weighted by Crippen LogP contribution is 2.17. The normalized spacial score (nSPS) is 20.4. The zero-order chi connectivity index (χ0) is 11.2. The molecule has 0 aliphatic carbocycles. The van der Waals surface area contributed by atoms with Crippen molar-refractivity contribution in [3.05, 3.63) is 18.3 Å². The summed E-state index contributed by atoms with van der Waals surface area (Å²) in [5, 5.41) is 0. The third kappa shape index (κ3) is 3.08. The number of rotatable bonds is 4. The molecular formula is C11H17N3O2. The van der Waals surface area contributed by atoms with Gasteiger partial charge in [-0.05, 0) is 25.3 Å². The second kappa shape index (κ2) is 5.67. The fraction of sp³-hybridized carbons (Fsp3) is 0.545. The van der Waals surface area contributed by atoms with Crippen LogP contribution in [0.1, 0.15) is 19.3 Å². The molecule has 16 heavy (non-hydrogen) atoms. The molecule has 1 saturated heterocycles. The van der Waals surface area contributed by atoms with Gasteiger partial charge in [-0.3, -0.25) is 0 Å². The van der Waals surface area contributed by atoms with Gasteiger partial charge >= 0.3 is 0 Å². The van der Waals surface area contributed by atoms with Gasteiger partial charge in [0.25, 0.3) is 0 Å². The Morgan fingerprint density at radius 3 is 3.25 bits per heavy atom. The van der Waals surface area contributed by atoms with Crippen LogP contribution >= 0.6 is 0 Å². The third-order valence-corrected chi connectivity index (χ3v) is 2.59. The highest BCUT2D eigenvalue weighted by Gasteiger charge is 2.14. The average molecular weight is 223 g/mol. The molecule has 0 aromatic carbocycles. The molecular weight excluding hydrogens is 206 g/mol. The van der Waals surface area contributed by atoms with Crippen molar-refractivity contribution in [3.8, 4) is 5.75 Å². The summed E-state index contributed by atoms with van der Waals surface area (Å²) in [6.07, 6.45) is 5.34. The summed E-state index contributed by atoms with van der Waals surface area (Å²) in [7, 11) is 0. The van der Waals surface area contributed by atoms with E-state index in [1.807, 2.05) is 6.07 Å². The smallest absolute Gasteiger partial charge is 0.143 e. The first-order chi connectivity index (χ1) is 7.88. The Hall–Kier alpha value is -1.33. The van der Waals surface area contributed by atoms with Gasteiger partial charge in [-0.25, -0.2) is 10.8 Å². The summed E-state index contributed by atoms with van der Waals surface area (Å²) in [6, 6.07) is 3.58. The second-order valence-electron chi connectivity index (χ2n) is 3.82. The molecule has 1 aliphatic heterocycles. The van der Waals surface area contributed by atoms with Gasteiger partial charge in [0.15, 0.2) is 0 Å². The van der Waals surface area contributed by atoms with E-state index in [2.05, 4.69) is 10.4 Å². The summed E-state index contributed by atoms with van der Waals surface area (Å²) in [6.45, 7) is 1.44. The molecule has 1 fully saturated rings. The van der Waals surface area contributed by atoms with E-state index in [0.29, 0.717) is 12.4 Å². The van der Waals surface area contributed by atoms with Gasteiger partial charge in [0.05, 0.1) is 6.10 Å². The van der Waals surface area contributed by atoms with E-state index < -0.39 is 0 Å². The summed E-state index contributed by atoms with van der Waals surface area (Å²) < 4.78 is 11.2. The van der Waals surface area contributed by atoms with Gasteiger partial charge < -0.3 is 14.9 Å². The molecule has 1 atom stereocenters. The SMILES string of the molecule is NNc1cc(OCC2CCCCO2)ccn1. The number of hydrazine groups is 1. The number of nitrogen functional groups attached to an aromatic ring is 1. The van der Waals surface area contributed by atoms with Crippen molar-refractivity contribution in [2.24, 2.45) is 5.84 Å². The fourth-order valence-corrected chi connectivity index (χ4v) is 1.71. The highest BCUT2D eigenvalue weighted by molar-refractivity contribution is 5.39. The number of anilines is 1. The lowest BCUT2D eigenvalue weighted by Crippen LogP contribution is -2.25. The Balaban J connectivity index is 1.83. The largest absolute Gasteiger partial charge is 0.491 e. The molecule has 3 N–H and O–H groups in total. The molecule has 0 saturated carbocycles. The van der Waals surface area contributed by atoms with Gasteiger partial charge in [0.1, 0.15) is 18.2 Å². The summed E-state index contributed by atoms with van der Waals surface area (Å²) in [5.41, 5.74) is 2.48. The van der Waals surface area contributed by atoms with E-state index >= 15 is 0 Å². The number of hydrogen-bond donors (Lipinski definition) is 2. The molecule has 0 bridgehead atoms. The van der Waals surface area contributed by atoms with E-state index in [1.54, 1.807) is 12.3 Å². The molecule has 1 unspecified atom stereocenters. The first kappa shape index (κ1) is 11.2. The number of nitrogens with one attached hydrogen (secondary N) is 1. The summed E-state index contributed by atoms with van der Waals surface area (Å²) >= 11 is 0. The van der Waals surface area contributed by atoms with Crippen molar-refractivity contribution in [2.45, 2.75) is 25.4 Å². The van der Waals surface area contributed by atoms with Crippen LogP contribution in [0.3, 0.4) is 0 Å². The number of nitrogens with two attached hydrogens (primary N) is 1. The van der Waals surface area contributed by atoms with E-state index in [9.17, 15) is 0 Å². The van der Waals surface area contributed by atoms with Crippen molar-refractivity contribution in [3.63, 3.8) is 0 Å². The maximum Gasteiger partial charge on any atom is 0.143 e. The molecule has 1 aromatic rings. The van der Waals surface area contributed by atoms with Gasteiger partial charge in [-0.2, -0.15) is 0 Å². The number of hydrogen-bond acceptors (Lipinski definition) is 5. The van der Waals surface area contributed by atoms with Crippen LogP contribution in [-0.2, 0) is 4.74 Å². The first-order valence-electron chi connectivity index (χ1n) is 5.55. The van der Waals surface area contributed by atoms with Crippen LogP contribution in [-0.4, -0.2) is 24.3 Å². The minimum atomic E-state index is 0.219. The fourth-order valence-electron chi connectivity index (χ4n) is 1.71. The molecule has 2 heterocycles. The Bertz CT molecular complexity index is 327. The topological polar surface area (TPSA) is 69.4 Å². The molecule has 0 radical (unpaired) electrons. The van der Waals surface area contributed by atoms with Crippen LogP contribution in [0.5, 0.6) is 5.75 Å². The zero-order valence-electron chi connectivity index (χ0n) is 9.19. The minimum Gasteiger partial charge on any atom is -0.491 e. The van der Waals surface area contributed by atoms with Crippen molar-refractivity contribution in [1.29, 1.82) is 0 Å². The van der Waals surface area contributed by atoms with Gasteiger partial charge in [0.2, 0.25) is 0 Å². The van der Waals surface area contributed by atoms with Crippen LogP contribution in [0.2, 0.25) is 0 Å². The van der Waals surface area contributed by atoms with Crippen molar-refractivity contribution in [2.75, 3.05) is 18.6 Å². The second-order valence-corrected chi connectivity index (χ2v) is 3.82. The van der Waals surface area contributed by atoms with Crippen molar-refractivity contribution in [1.82, 2.24) is 4.98 Å². The van der Waals surface area contributed by atoms with Crippen molar-refractivity contribution < 1.29 is 9.47 Å². The van der Waals surface area contributed by atoms with Gasteiger partial charge in [-0.15, -0.1) is 0 Å². The Labute approximate surface area is 94.9 Å². The maximum atomic E-state index is 5.63. The minimum absolute atomic E-state index is 0.219. The summed E-state index contributed by atoms with van der Waals surface area (Å²) in [5.74, 6) is 6.63. The molecule has 88 valence electrons. The predicted octanol–water partition coefficient (Wildman–Crippen LogP) is 1.32. The quantitative estimate of drug-likeness (QED) is 0.595. The lowest BCUT2D eigenvalue weighted by Gasteiger charge is -2.22. The number of aromatic nitrogens is 1. The van der Waals surface area contributed by atoms with E-state index in [1.165, 1.54) is 6.42 Å². The summed E-state index contributed by atoms with van der Waals surface area (Å²) in [4.78, 5) is 4.01. The van der Waals surface area contributed by atoms with Gasteiger partial charge in [-0.1, -0.05) is 0 Å². The molecule has 1 aliphatic rings. The van der Waals surface area contributed by atoms with E-state index in [0.717, 1.165) is 25.2 Å². The van der Waals surface area contributed by atoms with Crippen LogP contribution in [0, 0.1) is 0 Å². The van der Waals surface area contributed by atoms with Crippen LogP contribution in [0.15, 0.2) is 18.3 Å². The average Bonchev–Trinajstić information content (AvgIpc) is 2.38. The Morgan fingerprint density at radius 2 is 2.50 bits per heavy atom. The standard InChI is InChI=1S/C11H17N3O2/c12-14-11-7-9(4-5-13-11)16-8-10-3-1-2-6-15-10/h4-5,7,10H,1-3,6,8,12H2,(H,13,14). The number of pyridine rings is 1. The first-order valence-corrected chi connectivity index (χ1v) is 5.55. The molecule has 2 rings (SSSR count). The lowest BCUT2D eigenvalue weighted by atomic mass is 10.1. The molecule has 0 amide bonds. The molecule has 1 aromatic heterocycles. The van der Waals surface area contributed by atoms with Gasteiger partial charge in [0, 0.05) is 18.9 Å². The van der Waals surface area contributed by atoms with Crippen LogP contribution in [0.4, 0.5) is 5.82 Å². The van der Waals surface area contributed by atoms with Crippen molar-refractivity contribution >= 4 is 5.82 Å². The Kier molecular flexibility index (Phi) is 3.96. The number of nitrogens with zero attached hydrogens (tertiary/aromatic N) is 1. The third-order valence-electron chi connectivity index (χ3n) is 2.59. The van der Waals surface area contributed by atoms with Crippen LogP contribution < -0.4 is 16.0 Å². The lowest BCUT2D eigenvalue weighted by molar-refractivity contribution is -0.0110. The van der Waals surface area contributed by atoms with E-state index in [4.69, 9.17) is 15.3 Å². The molecule has 5 heteroatoms. The predicted molar refractivity (Wildman–Crippen MR) is 61.1 cm³/mol. The number of ether oxygens (including phenoxy) is 2. The van der Waals surface area contributed by atoms with E-state index in [-0.39, 0.29) is 6.10 Å². The molecule has 0 spiro atoms. The molecule has 5 nitrogen and oxygen atoms in total. The zero-order valence-corrected chi connectivity index (χ0v) is 9.19. The monoisotopic (exact) mass is 223 g/mol. The highest BCUT2D eigenvalue weighted by atomic mass is 16.5. The Morgan fingerprint density at radius 1 is 1.56 bits per heavy atom. The maximum absolute atomic E-state index is 5.63. The van der Waals surface area contributed by atoms with Crippen LogP contribution in [0.25, 0.3) is 0 Å².